The molecule has 0 radical (unpaired) electrons. The summed E-state index contributed by atoms with van der Waals surface area (Å²) in [4.78, 5) is 0. The Morgan fingerprint density at radius 2 is 1.95 bits per heavy atom. The van der Waals surface area contributed by atoms with E-state index >= 15 is 0 Å². The van der Waals surface area contributed by atoms with Gasteiger partial charge in [0.2, 0.25) is 0 Å². The van der Waals surface area contributed by atoms with Crippen molar-refractivity contribution in [3.8, 4) is 5.75 Å². The number of hydrogen-bond donors (Lipinski definition) is 2. The van der Waals surface area contributed by atoms with E-state index in [2.05, 4.69) is 19.9 Å². The molecule has 0 bridgehead atoms. The minimum absolute atomic E-state index is 0.169. The van der Waals surface area contributed by atoms with Gasteiger partial charge in [0.1, 0.15) is 5.75 Å². The molecule has 3 heteroatoms. The molecule has 1 aromatic carbocycles. The van der Waals surface area contributed by atoms with Crippen LogP contribution in [0.5, 0.6) is 5.75 Å². The molecule has 1 aliphatic heterocycles. The normalized spacial score (nSPS) is 34.9. The van der Waals surface area contributed by atoms with Crippen molar-refractivity contribution in [2.24, 2.45) is 11.1 Å². The minimum Gasteiger partial charge on any atom is -0.493 e. The first kappa shape index (κ1) is 14.9. The molecule has 0 saturated heterocycles. The molecular weight excluding hydrogens is 262 g/mol. The highest BCUT2D eigenvalue weighted by Gasteiger charge is 2.55. The molecular formula is C18H27NO2. The molecule has 0 spiro atoms. The minimum atomic E-state index is -0.733. The van der Waals surface area contributed by atoms with E-state index in [4.69, 9.17) is 10.5 Å². The van der Waals surface area contributed by atoms with Gasteiger partial charge in [-0.3, -0.25) is 0 Å². The summed E-state index contributed by atoms with van der Waals surface area (Å²) < 4.78 is 5.80. The summed E-state index contributed by atoms with van der Waals surface area (Å²) in [7, 11) is 0. The summed E-state index contributed by atoms with van der Waals surface area (Å²) >= 11 is 0. The van der Waals surface area contributed by atoms with Crippen molar-refractivity contribution in [1.29, 1.82) is 0 Å². The van der Waals surface area contributed by atoms with E-state index in [1.165, 1.54) is 6.42 Å². The molecule has 1 aliphatic carbocycles. The van der Waals surface area contributed by atoms with Gasteiger partial charge in [0, 0.05) is 17.5 Å². The first-order valence-corrected chi connectivity index (χ1v) is 8.07. The zero-order chi connectivity index (χ0) is 15.1. The standard InChI is InChI=1S/C18H27NO2/c1-16(2)8-5-9-18(20,12-16)17(13-19)10-11-21-15-7-4-3-6-14(15)17/h3-4,6-7,20H,5,8-13,19H2,1-2H3. The van der Waals surface area contributed by atoms with Crippen LogP contribution >= 0.6 is 0 Å². The van der Waals surface area contributed by atoms with E-state index in [9.17, 15) is 5.11 Å². The van der Waals surface area contributed by atoms with Gasteiger partial charge in [-0.05, 0) is 37.2 Å². The monoisotopic (exact) mass is 289 g/mol. The summed E-state index contributed by atoms with van der Waals surface area (Å²) in [6.07, 6.45) is 4.68. The van der Waals surface area contributed by atoms with Gasteiger partial charge >= 0.3 is 0 Å². The van der Waals surface area contributed by atoms with Crippen molar-refractivity contribution in [3.05, 3.63) is 29.8 Å². The van der Waals surface area contributed by atoms with E-state index in [0.29, 0.717) is 13.2 Å². The van der Waals surface area contributed by atoms with E-state index in [1.807, 2.05) is 18.2 Å². The quantitative estimate of drug-likeness (QED) is 0.880. The van der Waals surface area contributed by atoms with Gasteiger partial charge < -0.3 is 15.6 Å². The van der Waals surface area contributed by atoms with Crippen LogP contribution in [0.2, 0.25) is 0 Å². The van der Waals surface area contributed by atoms with Crippen molar-refractivity contribution in [2.45, 2.75) is 57.0 Å². The Morgan fingerprint density at radius 3 is 2.67 bits per heavy atom. The fourth-order valence-corrected chi connectivity index (χ4v) is 4.58. The largest absolute Gasteiger partial charge is 0.493 e. The van der Waals surface area contributed by atoms with Crippen LogP contribution in [0.15, 0.2) is 24.3 Å². The summed E-state index contributed by atoms with van der Waals surface area (Å²) in [5.74, 6) is 0.894. The lowest BCUT2D eigenvalue weighted by Crippen LogP contribution is -2.60. The van der Waals surface area contributed by atoms with Gasteiger partial charge in [-0.25, -0.2) is 0 Å². The Bertz CT molecular complexity index is 528. The van der Waals surface area contributed by atoms with Crippen LogP contribution in [-0.2, 0) is 5.41 Å². The second-order valence-corrected chi connectivity index (χ2v) is 7.61. The summed E-state index contributed by atoms with van der Waals surface area (Å²) in [6.45, 7) is 5.62. The fourth-order valence-electron chi connectivity index (χ4n) is 4.58. The molecule has 21 heavy (non-hydrogen) atoms. The molecule has 3 rings (SSSR count). The van der Waals surface area contributed by atoms with E-state index in [1.54, 1.807) is 0 Å². The SMILES string of the molecule is CC1(C)CCCC(O)(C2(CN)CCOc3ccccc32)C1. The average Bonchev–Trinajstić information content (AvgIpc) is 2.45. The second-order valence-electron chi connectivity index (χ2n) is 7.61. The maximum absolute atomic E-state index is 11.6. The lowest BCUT2D eigenvalue weighted by atomic mass is 9.55. The van der Waals surface area contributed by atoms with Crippen molar-refractivity contribution in [2.75, 3.05) is 13.2 Å². The van der Waals surface area contributed by atoms with Gasteiger partial charge in [-0.2, -0.15) is 0 Å². The maximum Gasteiger partial charge on any atom is 0.123 e. The Balaban J connectivity index is 2.09. The summed E-state index contributed by atoms with van der Waals surface area (Å²) in [6, 6.07) is 8.09. The maximum atomic E-state index is 11.6. The number of rotatable bonds is 2. The Labute approximate surface area is 127 Å². The number of ether oxygens (including phenoxy) is 1. The Morgan fingerprint density at radius 1 is 1.19 bits per heavy atom. The average molecular weight is 289 g/mol. The van der Waals surface area contributed by atoms with Gasteiger partial charge in [-0.1, -0.05) is 38.5 Å². The van der Waals surface area contributed by atoms with Crippen LogP contribution < -0.4 is 10.5 Å². The lowest BCUT2D eigenvalue weighted by Gasteiger charge is -2.54. The van der Waals surface area contributed by atoms with E-state index in [-0.39, 0.29) is 10.8 Å². The number of aliphatic hydroxyl groups is 1. The van der Waals surface area contributed by atoms with Crippen LogP contribution in [-0.4, -0.2) is 23.9 Å². The van der Waals surface area contributed by atoms with Gasteiger partial charge in [-0.15, -0.1) is 0 Å². The van der Waals surface area contributed by atoms with Gasteiger partial charge in [0.25, 0.3) is 0 Å². The molecule has 2 unspecified atom stereocenters. The molecule has 3 N–H and O–H groups in total. The highest BCUT2D eigenvalue weighted by molar-refractivity contribution is 5.44. The Hall–Kier alpha value is -1.06. The highest BCUT2D eigenvalue weighted by Crippen LogP contribution is 2.54. The first-order valence-electron chi connectivity index (χ1n) is 8.07. The van der Waals surface area contributed by atoms with Crippen molar-refractivity contribution in [1.82, 2.24) is 0 Å². The van der Waals surface area contributed by atoms with Crippen molar-refractivity contribution >= 4 is 0 Å². The van der Waals surface area contributed by atoms with Crippen molar-refractivity contribution < 1.29 is 9.84 Å². The topological polar surface area (TPSA) is 55.5 Å². The molecule has 1 heterocycles. The summed E-state index contributed by atoms with van der Waals surface area (Å²) in [5, 5.41) is 11.6. The number of fused-ring (bicyclic) bond motifs is 1. The van der Waals surface area contributed by atoms with E-state index < -0.39 is 5.60 Å². The smallest absolute Gasteiger partial charge is 0.123 e. The van der Waals surface area contributed by atoms with Crippen LogP contribution in [0.4, 0.5) is 0 Å². The molecule has 1 aromatic rings. The zero-order valence-corrected chi connectivity index (χ0v) is 13.2. The fraction of sp³-hybridized carbons (Fsp3) is 0.667. The molecule has 1 fully saturated rings. The predicted octanol–water partition coefficient (Wildman–Crippen LogP) is 3.00. The van der Waals surface area contributed by atoms with Crippen molar-refractivity contribution in [3.63, 3.8) is 0 Å². The number of para-hydroxylation sites is 1. The highest BCUT2D eigenvalue weighted by atomic mass is 16.5. The molecule has 2 aliphatic rings. The summed E-state index contributed by atoms with van der Waals surface area (Å²) in [5.41, 5.74) is 6.40. The van der Waals surface area contributed by atoms with Gasteiger partial charge in [0.05, 0.1) is 12.2 Å². The first-order chi connectivity index (χ1) is 9.93. The van der Waals surface area contributed by atoms with E-state index in [0.717, 1.165) is 37.0 Å². The molecule has 116 valence electrons. The van der Waals surface area contributed by atoms with Crippen LogP contribution in [0.3, 0.4) is 0 Å². The molecule has 3 nitrogen and oxygen atoms in total. The zero-order valence-electron chi connectivity index (χ0n) is 13.2. The Kier molecular flexibility index (Phi) is 3.53. The molecule has 0 amide bonds. The lowest BCUT2D eigenvalue weighted by molar-refractivity contribution is -0.107. The molecule has 0 aromatic heterocycles. The number of nitrogens with two attached hydrogens (primary N) is 1. The number of hydrogen-bond acceptors (Lipinski definition) is 3. The van der Waals surface area contributed by atoms with Crippen LogP contribution in [0, 0.1) is 5.41 Å². The van der Waals surface area contributed by atoms with Gasteiger partial charge in [0.15, 0.2) is 0 Å². The third-order valence-electron chi connectivity index (χ3n) is 5.64. The third-order valence-corrected chi connectivity index (χ3v) is 5.64. The van der Waals surface area contributed by atoms with Crippen LogP contribution in [0.25, 0.3) is 0 Å². The second kappa shape index (κ2) is 4.99. The predicted molar refractivity (Wildman–Crippen MR) is 84.5 cm³/mol. The third kappa shape index (κ3) is 2.27. The number of benzene rings is 1. The molecule has 1 saturated carbocycles. The molecule has 2 atom stereocenters. The van der Waals surface area contributed by atoms with Crippen LogP contribution in [0.1, 0.15) is 51.5 Å².